The first-order valence-electron chi connectivity index (χ1n) is 10.2. The third-order valence-electron chi connectivity index (χ3n) is 5.74. The van der Waals surface area contributed by atoms with E-state index in [9.17, 15) is 14.4 Å². The minimum absolute atomic E-state index is 0.115. The zero-order chi connectivity index (χ0) is 20.5. The molecule has 1 saturated carbocycles. The summed E-state index contributed by atoms with van der Waals surface area (Å²) in [6, 6.07) is 1.65. The molecule has 0 spiro atoms. The van der Waals surface area contributed by atoms with Gasteiger partial charge in [-0.25, -0.2) is 9.78 Å². The molecular weight excluding hydrogens is 356 g/mol. The van der Waals surface area contributed by atoms with Crippen molar-refractivity contribution in [2.45, 2.75) is 72.4 Å². The van der Waals surface area contributed by atoms with Gasteiger partial charge >= 0.3 is 5.69 Å². The summed E-state index contributed by atoms with van der Waals surface area (Å²) in [5, 5.41) is 3.43. The Morgan fingerprint density at radius 2 is 2.00 bits per heavy atom. The molecule has 2 aromatic heterocycles. The molecule has 1 fully saturated rings. The van der Waals surface area contributed by atoms with E-state index in [4.69, 9.17) is 0 Å². The molecule has 2 aromatic rings. The molecule has 3 rings (SSSR count). The minimum Gasteiger partial charge on any atom is -0.349 e. The summed E-state index contributed by atoms with van der Waals surface area (Å²) in [4.78, 5) is 43.8. The normalized spacial score (nSPS) is 20.3. The molecule has 2 N–H and O–H groups in total. The second-order valence-electron chi connectivity index (χ2n) is 8.84. The highest BCUT2D eigenvalue weighted by Gasteiger charge is 2.35. The van der Waals surface area contributed by atoms with Crippen molar-refractivity contribution >= 4 is 16.9 Å². The first-order chi connectivity index (χ1) is 13.2. The number of carbonyl (C=O) groups excluding carboxylic acids is 1. The lowest BCUT2D eigenvalue weighted by Crippen LogP contribution is -2.46. The smallest absolute Gasteiger partial charge is 0.329 e. The molecule has 28 heavy (non-hydrogen) atoms. The number of pyridine rings is 1. The van der Waals surface area contributed by atoms with Gasteiger partial charge in [0, 0.05) is 18.8 Å². The lowest BCUT2D eigenvalue weighted by Gasteiger charge is -2.40. The van der Waals surface area contributed by atoms with Crippen LogP contribution in [-0.2, 0) is 6.54 Å². The highest BCUT2D eigenvalue weighted by molar-refractivity contribution is 5.96. The van der Waals surface area contributed by atoms with Gasteiger partial charge in [-0.15, -0.1) is 0 Å². The van der Waals surface area contributed by atoms with Crippen LogP contribution >= 0.6 is 0 Å². The standard InChI is InChI=1S/C21H30N4O3/c1-5-10-25-17-14(19(27)24-20(25)28)11-13(12-22-17)18(26)23-16-9-7-6-8-15(16)21(2,3)4/h11-12,15-16H,5-10H2,1-4H3,(H,23,26)(H,24,27,28)/t15-,16-/m1/s1. The number of aromatic amines is 1. The first-order valence-corrected chi connectivity index (χ1v) is 10.2. The van der Waals surface area contributed by atoms with E-state index in [0.717, 1.165) is 25.7 Å². The van der Waals surface area contributed by atoms with Crippen molar-refractivity contribution in [3.63, 3.8) is 0 Å². The maximum Gasteiger partial charge on any atom is 0.329 e. The summed E-state index contributed by atoms with van der Waals surface area (Å²) in [7, 11) is 0. The third kappa shape index (κ3) is 4.03. The van der Waals surface area contributed by atoms with E-state index >= 15 is 0 Å². The molecule has 0 unspecified atom stereocenters. The quantitative estimate of drug-likeness (QED) is 0.844. The number of hydrogen-bond donors (Lipinski definition) is 2. The van der Waals surface area contributed by atoms with Crippen molar-refractivity contribution in [1.82, 2.24) is 19.9 Å². The summed E-state index contributed by atoms with van der Waals surface area (Å²) in [5.41, 5.74) is -0.206. The predicted octanol–water partition coefficient (Wildman–Crippen LogP) is 2.83. The van der Waals surface area contributed by atoms with Crippen LogP contribution in [0.15, 0.2) is 21.9 Å². The lowest BCUT2D eigenvalue weighted by atomic mass is 9.69. The largest absolute Gasteiger partial charge is 0.349 e. The van der Waals surface area contributed by atoms with Gasteiger partial charge in [-0.05, 0) is 36.7 Å². The van der Waals surface area contributed by atoms with Crippen LogP contribution in [0, 0.1) is 11.3 Å². The van der Waals surface area contributed by atoms with Gasteiger partial charge in [0.1, 0.15) is 5.65 Å². The molecule has 0 saturated heterocycles. The number of carbonyl (C=O) groups is 1. The van der Waals surface area contributed by atoms with E-state index in [-0.39, 0.29) is 22.8 Å². The Hall–Kier alpha value is -2.44. The number of rotatable bonds is 4. The SMILES string of the molecule is CCCn1c(=O)[nH]c(=O)c2cc(C(=O)N[C@@H]3CCCC[C@H]3C(C)(C)C)cnc21. The van der Waals surface area contributed by atoms with Gasteiger partial charge in [0.05, 0.1) is 10.9 Å². The Kier molecular flexibility index (Phi) is 5.72. The van der Waals surface area contributed by atoms with Crippen LogP contribution in [-0.4, -0.2) is 26.5 Å². The van der Waals surface area contributed by atoms with Crippen molar-refractivity contribution < 1.29 is 4.79 Å². The Balaban J connectivity index is 1.92. The molecule has 2 atom stereocenters. The van der Waals surface area contributed by atoms with Crippen LogP contribution < -0.4 is 16.6 Å². The van der Waals surface area contributed by atoms with Crippen LogP contribution in [0.2, 0.25) is 0 Å². The number of H-pyrrole nitrogens is 1. The molecule has 2 heterocycles. The van der Waals surface area contributed by atoms with Gasteiger partial charge in [0.2, 0.25) is 0 Å². The number of aromatic nitrogens is 3. The van der Waals surface area contributed by atoms with Crippen molar-refractivity contribution in [3.05, 3.63) is 38.7 Å². The van der Waals surface area contributed by atoms with Crippen molar-refractivity contribution in [1.29, 1.82) is 0 Å². The Morgan fingerprint density at radius 1 is 1.29 bits per heavy atom. The van der Waals surface area contributed by atoms with Gasteiger partial charge < -0.3 is 5.32 Å². The van der Waals surface area contributed by atoms with Gasteiger partial charge in [-0.2, -0.15) is 0 Å². The fraction of sp³-hybridized carbons (Fsp3) is 0.619. The lowest BCUT2D eigenvalue weighted by molar-refractivity contribution is 0.0830. The number of fused-ring (bicyclic) bond motifs is 1. The molecule has 1 aliphatic carbocycles. The van der Waals surface area contributed by atoms with E-state index in [2.05, 4.69) is 36.1 Å². The maximum atomic E-state index is 12.9. The molecule has 1 aliphatic rings. The molecule has 7 heteroatoms. The molecule has 0 radical (unpaired) electrons. The molecule has 152 valence electrons. The topological polar surface area (TPSA) is 96.9 Å². The van der Waals surface area contributed by atoms with Crippen molar-refractivity contribution in [3.8, 4) is 0 Å². The van der Waals surface area contributed by atoms with Crippen LogP contribution in [0.1, 0.15) is 70.2 Å². The number of nitrogens with zero attached hydrogens (tertiary/aromatic N) is 2. The van der Waals surface area contributed by atoms with E-state index in [1.165, 1.54) is 23.3 Å². The molecule has 0 aromatic carbocycles. The van der Waals surface area contributed by atoms with Gasteiger partial charge in [0.25, 0.3) is 11.5 Å². The summed E-state index contributed by atoms with van der Waals surface area (Å²) in [6.45, 7) is 9.05. The molecule has 7 nitrogen and oxygen atoms in total. The van der Waals surface area contributed by atoms with E-state index in [0.29, 0.717) is 23.7 Å². The fourth-order valence-electron chi connectivity index (χ4n) is 4.31. The van der Waals surface area contributed by atoms with Crippen molar-refractivity contribution in [2.75, 3.05) is 0 Å². The summed E-state index contributed by atoms with van der Waals surface area (Å²) >= 11 is 0. The minimum atomic E-state index is -0.514. The van der Waals surface area contributed by atoms with E-state index < -0.39 is 11.2 Å². The number of nitrogens with one attached hydrogen (secondary N) is 2. The second-order valence-corrected chi connectivity index (χ2v) is 8.84. The number of hydrogen-bond acceptors (Lipinski definition) is 4. The second kappa shape index (κ2) is 7.89. The predicted molar refractivity (Wildman–Crippen MR) is 110 cm³/mol. The van der Waals surface area contributed by atoms with Gasteiger partial charge in [0.15, 0.2) is 0 Å². The zero-order valence-corrected chi connectivity index (χ0v) is 17.2. The first kappa shape index (κ1) is 20.3. The summed E-state index contributed by atoms with van der Waals surface area (Å²) < 4.78 is 1.44. The third-order valence-corrected chi connectivity index (χ3v) is 5.74. The molecule has 0 aliphatic heterocycles. The van der Waals surface area contributed by atoms with E-state index in [1.807, 2.05) is 6.92 Å². The monoisotopic (exact) mass is 386 g/mol. The summed E-state index contributed by atoms with van der Waals surface area (Å²) in [5.74, 6) is 0.194. The number of amides is 1. The van der Waals surface area contributed by atoms with E-state index in [1.54, 1.807) is 0 Å². The van der Waals surface area contributed by atoms with Crippen LogP contribution in [0.25, 0.3) is 11.0 Å². The highest BCUT2D eigenvalue weighted by atomic mass is 16.2. The Morgan fingerprint density at radius 3 is 2.68 bits per heavy atom. The average molecular weight is 386 g/mol. The van der Waals surface area contributed by atoms with Crippen molar-refractivity contribution in [2.24, 2.45) is 11.3 Å². The van der Waals surface area contributed by atoms with Gasteiger partial charge in [-0.1, -0.05) is 40.5 Å². The van der Waals surface area contributed by atoms with Gasteiger partial charge in [-0.3, -0.25) is 19.1 Å². The summed E-state index contributed by atoms with van der Waals surface area (Å²) in [6.07, 6.45) is 6.56. The Labute approximate surface area is 164 Å². The Bertz CT molecular complexity index is 984. The molecular formula is C21H30N4O3. The zero-order valence-electron chi connectivity index (χ0n) is 17.2. The fourth-order valence-corrected chi connectivity index (χ4v) is 4.31. The maximum absolute atomic E-state index is 12.9. The molecule has 0 bridgehead atoms. The average Bonchev–Trinajstić information content (AvgIpc) is 2.64. The van der Waals surface area contributed by atoms with Crippen LogP contribution in [0.3, 0.4) is 0 Å². The highest BCUT2D eigenvalue weighted by Crippen LogP contribution is 2.38. The van der Waals surface area contributed by atoms with Crippen LogP contribution in [0.5, 0.6) is 0 Å². The number of aryl methyl sites for hydroxylation is 1. The van der Waals surface area contributed by atoms with Crippen LogP contribution in [0.4, 0.5) is 0 Å². The molecule has 1 amide bonds.